The third kappa shape index (κ3) is 2.46. The molecule has 0 aromatic heterocycles. The molecule has 2 unspecified atom stereocenters. The number of hydrogen-bond donors (Lipinski definition) is 1. The normalized spacial score (nSPS) is 29.1. The van der Waals surface area contributed by atoms with Crippen LogP contribution in [-0.2, 0) is 0 Å². The number of nitrogens with one attached hydrogen (secondary N) is 1. The highest BCUT2D eigenvalue weighted by Gasteiger charge is 2.38. The minimum Gasteiger partial charge on any atom is -0.314 e. The first-order chi connectivity index (χ1) is 6.11. The highest BCUT2D eigenvalue weighted by atomic mass is 14.9. The van der Waals surface area contributed by atoms with Crippen molar-refractivity contribution in [3.8, 4) is 0 Å². The summed E-state index contributed by atoms with van der Waals surface area (Å²) in [4.78, 5) is 0. The van der Waals surface area contributed by atoms with Crippen LogP contribution in [0.4, 0.5) is 0 Å². The van der Waals surface area contributed by atoms with Crippen LogP contribution in [0.15, 0.2) is 0 Å². The second-order valence-corrected chi connectivity index (χ2v) is 5.06. The first kappa shape index (κ1) is 11.0. The van der Waals surface area contributed by atoms with Crippen molar-refractivity contribution in [3.05, 3.63) is 0 Å². The van der Waals surface area contributed by atoms with Gasteiger partial charge in [-0.25, -0.2) is 0 Å². The third-order valence-corrected chi connectivity index (χ3v) is 3.73. The average Bonchev–Trinajstić information content (AvgIpc) is 2.41. The Morgan fingerprint density at radius 3 is 2.46 bits per heavy atom. The highest BCUT2D eigenvalue weighted by Crippen LogP contribution is 2.44. The summed E-state index contributed by atoms with van der Waals surface area (Å²) < 4.78 is 0. The van der Waals surface area contributed by atoms with E-state index >= 15 is 0 Å². The second-order valence-electron chi connectivity index (χ2n) is 5.06. The molecular weight excluding hydrogens is 158 g/mol. The minimum atomic E-state index is 0.572. The smallest absolute Gasteiger partial charge is 0.00976 e. The zero-order valence-electron chi connectivity index (χ0n) is 9.69. The van der Waals surface area contributed by atoms with E-state index in [1.54, 1.807) is 0 Å². The lowest BCUT2D eigenvalue weighted by molar-refractivity contribution is 0.194. The van der Waals surface area contributed by atoms with Crippen molar-refractivity contribution in [2.24, 2.45) is 11.3 Å². The molecule has 1 aliphatic rings. The fourth-order valence-electron chi connectivity index (χ4n) is 2.93. The Kier molecular flexibility index (Phi) is 3.78. The molecule has 1 fully saturated rings. The Labute approximate surface area is 83.3 Å². The fraction of sp³-hybridized carbons (Fsp3) is 1.00. The quantitative estimate of drug-likeness (QED) is 0.706. The van der Waals surface area contributed by atoms with Gasteiger partial charge < -0.3 is 5.32 Å². The Hall–Kier alpha value is -0.0400. The van der Waals surface area contributed by atoms with Gasteiger partial charge in [-0.15, -0.1) is 0 Å². The van der Waals surface area contributed by atoms with Crippen LogP contribution in [-0.4, -0.2) is 12.6 Å². The molecule has 0 amide bonds. The standard InChI is InChI=1S/C12H25N/c1-5-11(13-6-2)10-8-7-9-12(10,3)4/h10-11,13H,5-9H2,1-4H3. The molecule has 13 heavy (non-hydrogen) atoms. The monoisotopic (exact) mass is 183 g/mol. The molecule has 0 aromatic rings. The molecule has 78 valence electrons. The van der Waals surface area contributed by atoms with Gasteiger partial charge in [-0.05, 0) is 37.1 Å². The van der Waals surface area contributed by atoms with Gasteiger partial charge in [0.15, 0.2) is 0 Å². The molecule has 0 heterocycles. The third-order valence-electron chi connectivity index (χ3n) is 3.73. The topological polar surface area (TPSA) is 12.0 Å². The molecule has 0 saturated heterocycles. The van der Waals surface area contributed by atoms with Crippen molar-refractivity contribution in [2.75, 3.05) is 6.54 Å². The lowest BCUT2D eigenvalue weighted by Gasteiger charge is -2.34. The summed E-state index contributed by atoms with van der Waals surface area (Å²) in [6, 6.07) is 0.752. The van der Waals surface area contributed by atoms with Crippen molar-refractivity contribution >= 4 is 0 Å². The van der Waals surface area contributed by atoms with Crippen molar-refractivity contribution in [1.29, 1.82) is 0 Å². The maximum atomic E-state index is 3.63. The molecule has 0 aliphatic heterocycles. The summed E-state index contributed by atoms with van der Waals surface area (Å²) in [5.74, 6) is 0.900. The Balaban J connectivity index is 2.57. The second kappa shape index (κ2) is 4.45. The SMILES string of the molecule is CCNC(CC)C1CCCC1(C)C. The number of hydrogen-bond acceptors (Lipinski definition) is 1. The first-order valence-electron chi connectivity index (χ1n) is 5.85. The van der Waals surface area contributed by atoms with E-state index in [9.17, 15) is 0 Å². The molecule has 1 rings (SSSR count). The van der Waals surface area contributed by atoms with Gasteiger partial charge in [0.1, 0.15) is 0 Å². The zero-order valence-corrected chi connectivity index (χ0v) is 9.69. The lowest BCUT2D eigenvalue weighted by Crippen LogP contribution is -2.40. The van der Waals surface area contributed by atoms with Crippen LogP contribution >= 0.6 is 0 Å². The maximum absolute atomic E-state index is 3.63. The molecule has 0 aromatic carbocycles. The summed E-state index contributed by atoms with van der Waals surface area (Å²) in [5, 5.41) is 3.63. The van der Waals surface area contributed by atoms with E-state index in [0.717, 1.165) is 18.5 Å². The predicted octanol–water partition coefficient (Wildman–Crippen LogP) is 3.20. The largest absolute Gasteiger partial charge is 0.314 e. The van der Waals surface area contributed by atoms with Gasteiger partial charge in [-0.2, -0.15) is 0 Å². The molecule has 1 heteroatoms. The molecule has 1 saturated carbocycles. The van der Waals surface area contributed by atoms with Gasteiger partial charge in [-0.1, -0.05) is 34.1 Å². The van der Waals surface area contributed by atoms with E-state index in [1.165, 1.54) is 25.7 Å². The van der Waals surface area contributed by atoms with Crippen LogP contribution in [0.3, 0.4) is 0 Å². The van der Waals surface area contributed by atoms with Crippen LogP contribution in [0, 0.1) is 11.3 Å². The fourth-order valence-corrected chi connectivity index (χ4v) is 2.93. The van der Waals surface area contributed by atoms with Gasteiger partial charge in [-0.3, -0.25) is 0 Å². The van der Waals surface area contributed by atoms with Crippen LogP contribution in [0.2, 0.25) is 0 Å². The van der Waals surface area contributed by atoms with Crippen LogP contribution in [0.5, 0.6) is 0 Å². The van der Waals surface area contributed by atoms with E-state index in [0.29, 0.717) is 5.41 Å². The molecule has 1 N–H and O–H groups in total. The summed E-state index contributed by atoms with van der Waals surface area (Å²) in [5.41, 5.74) is 0.572. The number of rotatable bonds is 4. The summed E-state index contributed by atoms with van der Waals surface area (Å²) in [6.45, 7) is 10.5. The average molecular weight is 183 g/mol. The Morgan fingerprint density at radius 1 is 1.38 bits per heavy atom. The Morgan fingerprint density at radius 2 is 2.08 bits per heavy atom. The van der Waals surface area contributed by atoms with Gasteiger partial charge in [0, 0.05) is 6.04 Å². The molecule has 1 aliphatic carbocycles. The van der Waals surface area contributed by atoms with Crippen LogP contribution in [0.1, 0.15) is 53.4 Å². The molecule has 0 bridgehead atoms. The summed E-state index contributed by atoms with van der Waals surface area (Å²) in [7, 11) is 0. The Bertz CT molecular complexity index is 151. The highest BCUT2D eigenvalue weighted by molar-refractivity contribution is 4.91. The zero-order chi connectivity index (χ0) is 9.90. The van der Waals surface area contributed by atoms with Crippen molar-refractivity contribution < 1.29 is 0 Å². The van der Waals surface area contributed by atoms with E-state index in [2.05, 4.69) is 33.0 Å². The maximum Gasteiger partial charge on any atom is 0.00976 e. The molecular formula is C12H25N. The summed E-state index contributed by atoms with van der Waals surface area (Å²) >= 11 is 0. The minimum absolute atomic E-state index is 0.572. The van der Waals surface area contributed by atoms with Crippen molar-refractivity contribution in [1.82, 2.24) is 5.32 Å². The van der Waals surface area contributed by atoms with E-state index < -0.39 is 0 Å². The van der Waals surface area contributed by atoms with Crippen LogP contribution < -0.4 is 5.32 Å². The van der Waals surface area contributed by atoms with E-state index in [-0.39, 0.29) is 0 Å². The van der Waals surface area contributed by atoms with Crippen molar-refractivity contribution in [3.63, 3.8) is 0 Å². The van der Waals surface area contributed by atoms with E-state index in [1.807, 2.05) is 0 Å². The van der Waals surface area contributed by atoms with E-state index in [4.69, 9.17) is 0 Å². The van der Waals surface area contributed by atoms with Gasteiger partial charge in [0.25, 0.3) is 0 Å². The van der Waals surface area contributed by atoms with Crippen LogP contribution in [0.25, 0.3) is 0 Å². The van der Waals surface area contributed by atoms with Gasteiger partial charge in [0.05, 0.1) is 0 Å². The predicted molar refractivity (Wildman–Crippen MR) is 58.9 cm³/mol. The molecule has 1 nitrogen and oxygen atoms in total. The van der Waals surface area contributed by atoms with Gasteiger partial charge in [0.2, 0.25) is 0 Å². The first-order valence-corrected chi connectivity index (χ1v) is 5.85. The lowest BCUT2D eigenvalue weighted by atomic mass is 9.77. The molecule has 0 radical (unpaired) electrons. The molecule has 2 atom stereocenters. The van der Waals surface area contributed by atoms with Crippen molar-refractivity contribution in [2.45, 2.75) is 59.4 Å². The summed E-state index contributed by atoms with van der Waals surface area (Å²) in [6.07, 6.45) is 5.56. The molecule has 0 spiro atoms. The van der Waals surface area contributed by atoms with Gasteiger partial charge >= 0.3 is 0 Å².